The molecule has 0 aromatic heterocycles. The van der Waals surface area contributed by atoms with Gasteiger partial charge in [-0.3, -0.25) is 10.1 Å². The van der Waals surface area contributed by atoms with Crippen LogP contribution in [0.5, 0.6) is 5.75 Å². The molecule has 1 aromatic rings. The van der Waals surface area contributed by atoms with E-state index in [0.717, 1.165) is 6.07 Å². The lowest BCUT2D eigenvalue weighted by Gasteiger charge is -2.35. The zero-order valence-electron chi connectivity index (χ0n) is 11.9. The number of benzene rings is 1. The second-order valence-corrected chi connectivity index (χ2v) is 4.95. The van der Waals surface area contributed by atoms with Crippen molar-refractivity contribution in [1.82, 2.24) is 0 Å². The third-order valence-corrected chi connectivity index (χ3v) is 3.47. The average Bonchev–Trinajstić information content (AvgIpc) is 2.46. The van der Waals surface area contributed by atoms with Crippen molar-refractivity contribution in [2.24, 2.45) is 5.73 Å². The molecule has 1 aromatic carbocycles. The van der Waals surface area contributed by atoms with Crippen LogP contribution in [-0.4, -0.2) is 43.9 Å². The maximum absolute atomic E-state index is 13.7. The van der Waals surface area contributed by atoms with Gasteiger partial charge in [-0.1, -0.05) is 0 Å². The van der Waals surface area contributed by atoms with Crippen LogP contribution < -0.4 is 15.4 Å². The number of ether oxygens (including phenoxy) is 2. The number of nitro benzene ring substituents is 1. The lowest BCUT2D eigenvalue weighted by molar-refractivity contribution is -0.384. The molecular weight excluding hydrogens is 281 g/mol. The van der Waals surface area contributed by atoms with Crippen LogP contribution in [0.4, 0.5) is 15.8 Å². The van der Waals surface area contributed by atoms with Crippen LogP contribution in [0.25, 0.3) is 0 Å². The van der Waals surface area contributed by atoms with E-state index < -0.39 is 10.7 Å². The number of halogens is 1. The number of morpholine rings is 1. The summed E-state index contributed by atoms with van der Waals surface area (Å²) < 4.78 is 24.1. The van der Waals surface area contributed by atoms with Gasteiger partial charge in [0.05, 0.1) is 30.8 Å². The molecule has 1 aliphatic heterocycles. The van der Waals surface area contributed by atoms with Gasteiger partial charge in [0.1, 0.15) is 5.69 Å². The Morgan fingerprint density at radius 1 is 1.62 bits per heavy atom. The summed E-state index contributed by atoms with van der Waals surface area (Å²) in [5.41, 5.74) is 5.83. The second-order valence-electron chi connectivity index (χ2n) is 4.95. The van der Waals surface area contributed by atoms with Gasteiger partial charge in [0, 0.05) is 25.2 Å². The Balaban J connectivity index is 2.39. The maximum atomic E-state index is 13.7. The monoisotopic (exact) mass is 299 g/mol. The summed E-state index contributed by atoms with van der Waals surface area (Å²) in [6.07, 6.45) is -0.227. The predicted molar refractivity (Wildman–Crippen MR) is 75.2 cm³/mol. The van der Waals surface area contributed by atoms with E-state index in [1.54, 1.807) is 4.90 Å². The molecule has 116 valence electrons. The summed E-state index contributed by atoms with van der Waals surface area (Å²) >= 11 is 0. The molecule has 1 heterocycles. The van der Waals surface area contributed by atoms with Crippen molar-refractivity contribution < 1.29 is 18.8 Å². The Bertz CT molecular complexity index is 538. The van der Waals surface area contributed by atoms with Gasteiger partial charge in [0.2, 0.25) is 0 Å². The van der Waals surface area contributed by atoms with E-state index in [1.807, 2.05) is 6.92 Å². The number of nitrogens with zero attached hydrogens (tertiary/aromatic N) is 2. The van der Waals surface area contributed by atoms with Crippen molar-refractivity contribution in [2.45, 2.75) is 19.1 Å². The van der Waals surface area contributed by atoms with Gasteiger partial charge in [-0.05, 0) is 6.92 Å². The molecule has 0 radical (unpaired) electrons. The largest absolute Gasteiger partial charge is 0.494 e. The minimum Gasteiger partial charge on any atom is -0.494 e. The smallest absolute Gasteiger partial charge is 0.295 e. The number of anilines is 1. The van der Waals surface area contributed by atoms with Crippen molar-refractivity contribution in [2.75, 3.05) is 31.7 Å². The number of hydrogen-bond acceptors (Lipinski definition) is 6. The highest BCUT2D eigenvalue weighted by Crippen LogP contribution is 2.35. The summed E-state index contributed by atoms with van der Waals surface area (Å²) in [6.45, 7) is 3.10. The molecule has 0 amide bonds. The van der Waals surface area contributed by atoms with Crippen LogP contribution in [0.1, 0.15) is 6.92 Å². The predicted octanol–water partition coefficient (Wildman–Crippen LogP) is 1.29. The summed E-state index contributed by atoms with van der Waals surface area (Å²) in [7, 11) is 1.32. The quantitative estimate of drug-likeness (QED) is 0.665. The molecule has 1 fully saturated rings. The first-order valence-corrected chi connectivity index (χ1v) is 6.58. The zero-order valence-corrected chi connectivity index (χ0v) is 11.9. The number of hydrogen-bond donors (Lipinski definition) is 1. The Hall–Kier alpha value is -1.93. The molecule has 7 nitrogen and oxygen atoms in total. The molecule has 21 heavy (non-hydrogen) atoms. The second kappa shape index (κ2) is 6.23. The van der Waals surface area contributed by atoms with Crippen LogP contribution in [0.3, 0.4) is 0 Å². The molecule has 1 saturated heterocycles. The minimum absolute atomic E-state index is 0.0283. The maximum Gasteiger partial charge on any atom is 0.295 e. The molecule has 2 unspecified atom stereocenters. The molecule has 0 aliphatic carbocycles. The molecule has 1 aliphatic rings. The van der Waals surface area contributed by atoms with E-state index in [2.05, 4.69) is 0 Å². The van der Waals surface area contributed by atoms with Crippen LogP contribution >= 0.6 is 0 Å². The highest BCUT2D eigenvalue weighted by molar-refractivity contribution is 5.66. The van der Waals surface area contributed by atoms with E-state index in [0.29, 0.717) is 25.4 Å². The normalized spacial score (nSPS) is 20.2. The molecule has 0 bridgehead atoms. The number of nitrogens with two attached hydrogens (primary N) is 1. The van der Waals surface area contributed by atoms with Gasteiger partial charge in [0.25, 0.3) is 5.69 Å². The van der Waals surface area contributed by atoms with E-state index in [4.69, 9.17) is 15.2 Å². The Morgan fingerprint density at radius 3 is 2.90 bits per heavy atom. The highest BCUT2D eigenvalue weighted by atomic mass is 19.1. The van der Waals surface area contributed by atoms with Gasteiger partial charge >= 0.3 is 0 Å². The number of rotatable bonds is 4. The third-order valence-electron chi connectivity index (χ3n) is 3.47. The standard InChI is InChI=1S/C13H18FN3O4/c1-8(15)13-7-16(3-4-21-13)10-6-12(20-2)9(14)5-11(10)17(18)19/h5-6,8,13H,3-4,7,15H2,1-2H3. The molecule has 2 N–H and O–H groups in total. The van der Waals surface area contributed by atoms with Crippen molar-refractivity contribution in [3.8, 4) is 5.75 Å². The summed E-state index contributed by atoms with van der Waals surface area (Å²) in [4.78, 5) is 12.3. The van der Waals surface area contributed by atoms with Crippen molar-refractivity contribution in [1.29, 1.82) is 0 Å². The van der Waals surface area contributed by atoms with Crippen LogP contribution in [-0.2, 0) is 4.74 Å². The minimum atomic E-state index is -0.759. The molecule has 0 spiro atoms. The molecule has 2 atom stereocenters. The van der Waals surface area contributed by atoms with E-state index in [9.17, 15) is 14.5 Å². The average molecular weight is 299 g/mol. The Morgan fingerprint density at radius 2 is 2.33 bits per heavy atom. The Kier molecular flexibility index (Phi) is 4.59. The first-order valence-electron chi connectivity index (χ1n) is 6.58. The zero-order chi connectivity index (χ0) is 15.6. The van der Waals surface area contributed by atoms with Crippen molar-refractivity contribution >= 4 is 11.4 Å². The van der Waals surface area contributed by atoms with Crippen LogP contribution in [0, 0.1) is 15.9 Å². The summed E-state index contributed by atoms with van der Waals surface area (Å²) in [6, 6.07) is 2.02. The fourth-order valence-corrected chi connectivity index (χ4v) is 2.30. The summed E-state index contributed by atoms with van der Waals surface area (Å²) in [5, 5.41) is 11.1. The van der Waals surface area contributed by atoms with Crippen LogP contribution in [0.2, 0.25) is 0 Å². The summed E-state index contributed by atoms with van der Waals surface area (Å²) in [5.74, 6) is -0.788. The van der Waals surface area contributed by atoms with Gasteiger partial charge in [0.15, 0.2) is 11.6 Å². The van der Waals surface area contributed by atoms with E-state index >= 15 is 0 Å². The topological polar surface area (TPSA) is 90.9 Å². The first-order chi connectivity index (χ1) is 9.93. The molecular formula is C13H18FN3O4. The SMILES string of the molecule is COc1cc(N2CCOC(C(C)N)C2)c([N+](=O)[O-])cc1F. The number of nitro groups is 1. The molecule has 2 rings (SSSR count). The van der Waals surface area contributed by atoms with Gasteiger partial charge in [-0.25, -0.2) is 4.39 Å². The van der Waals surface area contributed by atoms with Gasteiger partial charge < -0.3 is 20.1 Å². The molecule has 8 heteroatoms. The first kappa shape index (κ1) is 15.5. The number of methoxy groups -OCH3 is 1. The van der Waals surface area contributed by atoms with Crippen molar-refractivity contribution in [3.05, 3.63) is 28.1 Å². The lowest BCUT2D eigenvalue weighted by atomic mass is 10.1. The molecule has 0 saturated carbocycles. The van der Waals surface area contributed by atoms with E-state index in [1.165, 1.54) is 13.2 Å². The highest BCUT2D eigenvalue weighted by Gasteiger charge is 2.29. The Labute approximate surface area is 121 Å². The third kappa shape index (κ3) is 3.22. The fraction of sp³-hybridized carbons (Fsp3) is 0.538. The van der Waals surface area contributed by atoms with Crippen LogP contribution in [0.15, 0.2) is 12.1 Å². The van der Waals surface area contributed by atoms with Crippen molar-refractivity contribution in [3.63, 3.8) is 0 Å². The van der Waals surface area contributed by atoms with Gasteiger partial charge in [-0.2, -0.15) is 0 Å². The van der Waals surface area contributed by atoms with Gasteiger partial charge in [-0.15, -0.1) is 0 Å². The fourth-order valence-electron chi connectivity index (χ4n) is 2.30. The van der Waals surface area contributed by atoms with E-state index in [-0.39, 0.29) is 23.6 Å². The lowest BCUT2D eigenvalue weighted by Crippen LogP contribution is -2.49.